The second-order valence-corrected chi connectivity index (χ2v) is 12.3. The van der Waals surface area contributed by atoms with Gasteiger partial charge in [-0.15, -0.1) is 0 Å². The van der Waals surface area contributed by atoms with Crippen molar-refractivity contribution >= 4 is 11.9 Å². The average molecular weight is 477 g/mol. The van der Waals surface area contributed by atoms with Gasteiger partial charge in [-0.1, -0.05) is 38.0 Å². The summed E-state index contributed by atoms with van der Waals surface area (Å²) < 4.78 is 11.8. The van der Waals surface area contributed by atoms with Crippen LogP contribution in [0.2, 0.25) is 0 Å². The molecule has 4 aliphatic carbocycles. The van der Waals surface area contributed by atoms with Crippen LogP contribution in [0.4, 0.5) is 0 Å². The highest BCUT2D eigenvalue weighted by Crippen LogP contribution is 2.67. The van der Waals surface area contributed by atoms with Gasteiger partial charge in [0.25, 0.3) is 0 Å². The second-order valence-electron chi connectivity index (χ2n) is 12.3. The molecule has 0 radical (unpaired) electrons. The molecule has 5 rings (SSSR count). The summed E-state index contributed by atoms with van der Waals surface area (Å²) in [5.41, 5.74) is 0.649. The molecule has 0 spiro atoms. The maximum atomic E-state index is 12.1. The van der Waals surface area contributed by atoms with Crippen LogP contribution in [0.15, 0.2) is 30.3 Å². The number of carbonyl (C=O) groups is 2. The van der Waals surface area contributed by atoms with Crippen LogP contribution in [0.5, 0.6) is 0 Å². The molecule has 0 amide bonds. The van der Waals surface area contributed by atoms with E-state index in [2.05, 4.69) is 25.7 Å². The molecule has 0 saturated heterocycles. The predicted octanol–water partition coefficient (Wildman–Crippen LogP) is 6.31. The zero-order chi connectivity index (χ0) is 24.8. The van der Waals surface area contributed by atoms with Gasteiger partial charge in [0.15, 0.2) is 5.60 Å². The molecule has 4 saturated carbocycles. The van der Waals surface area contributed by atoms with Crippen LogP contribution in [0.3, 0.4) is 0 Å². The van der Waals surface area contributed by atoms with Crippen molar-refractivity contribution in [2.24, 2.45) is 34.5 Å². The van der Waals surface area contributed by atoms with Crippen molar-refractivity contribution in [1.29, 1.82) is 0 Å². The minimum absolute atomic E-state index is 0.0766. The number of hydrogen-bond acceptors (Lipinski definition) is 4. The van der Waals surface area contributed by atoms with Crippen LogP contribution in [0, 0.1) is 46.3 Å². The summed E-state index contributed by atoms with van der Waals surface area (Å²) in [6.45, 7) is 7.96. The van der Waals surface area contributed by atoms with Gasteiger partial charge >= 0.3 is 11.9 Å². The maximum absolute atomic E-state index is 12.1. The maximum Gasteiger partial charge on any atom is 0.304 e. The molecule has 35 heavy (non-hydrogen) atoms. The fourth-order valence-corrected chi connectivity index (χ4v) is 8.79. The molecule has 1 aromatic carbocycles. The topological polar surface area (TPSA) is 52.6 Å². The first-order chi connectivity index (χ1) is 16.7. The van der Waals surface area contributed by atoms with Crippen molar-refractivity contribution in [1.82, 2.24) is 0 Å². The van der Waals surface area contributed by atoms with Crippen LogP contribution < -0.4 is 0 Å². The van der Waals surface area contributed by atoms with Crippen LogP contribution in [-0.4, -0.2) is 23.6 Å². The van der Waals surface area contributed by atoms with Crippen molar-refractivity contribution in [3.05, 3.63) is 35.9 Å². The fraction of sp³-hybridized carbons (Fsp3) is 0.677. The van der Waals surface area contributed by atoms with E-state index in [0.717, 1.165) is 37.7 Å². The van der Waals surface area contributed by atoms with Gasteiger partial charge in [-0.2, -0.15) is 0 Å². The molecule has 4 fully saturated rings. The molecule has 4 nitrogen and oxygen atoms in total. The standard InChI is InChI=1S/C31H40O4/c1-21(32)34-28-13-12-26-25-11-10-24-20-31(35-22(2)33,17-14-23-8-6-5-7-9-23)19-18-29(24,3)27(25)15-16-30(26,28)4/h5-9,24-28H,10-13,15-16,18-20H2,1-4H3/t24-,25-,26-,27+,28-,29+,30+,31-/m1/s1. The first-order valence-corrected chi connectivity index (χ1v) is 13.6. The molecule has 0 heterocycles. The lowest BCUT2D eigenvalue weighted by molar-refractivity contribution is -0.175. The summed E-state index contributed by atoms with van der Waals surface area (Å²) >= 11 is 0. The van der Waals surface area contributed by atoms with Gasteiger partial charge in [0, 0.05) is 31.2 Å². The Morgan fingerprint density at radius 2 is 1.60 bits per heavy atom. The summed E-state index contributed by atoms with van der Waals surface area (Å²) in [6, 6.07) is 10.00. The third-order valence-corrected chi connectivity index (χ3v) is 10.5. The van der Waals surface area contributed by atoms with Crippen LogP contribution in [0.1, 0.15) is 91.0 Å². The highest BCUT2D eigenvalue weighted by Gasteiger charge is 2.62. The Labute approximate surface area is 210 Å². The van der Waals surface area contributed by atoms with E-state index in [4.69, 9.17) is 9.47 Å². The largest absolute Gasteiger partial charge is 0.462 e. The number of esters is 2. The summed E-state index contributed by atoms with van der Waals surface area (Å²) in [6.07, 6.45) is 9.69. The van der Waals surface area contributed by atoms with E-state index in [1.165, 1.54) is 32.6 Å². The van der Waals surface area contributed by atoms with E-state index in [1.807, 2.05) is 30.3 Å². The molecule has 4 heteroatoms. The molecule has 0 aliphatic heterocycles. The molecule has 0 unspecified atom stereocenters. The van der Waals surface area contributed by atoms with E-state index in [-0.39, 0.29) is 28.9 Å². The molecule has 4 aliphatic rings. The quantitative estimate of drug-likeness (QED) is 0.370. The third kappa shape index (κ3) is 4.30. The molecule has 8 atom stereocenters. The molecule has 188 valence electrons. The van der Waals surface area contributed by atoms with E-state index >= 15 is 0 Å². The highest BCUT2D eigenvalue weighted by molar-refractivity contribution is 5.67. The molecule has 0 aromatic heterocycles. The smallest absolute Gasteiger partial charge is 0.304 e. The number of hydrogen-bond donors (Lipinski definition) is 0. The lowest BCUT2D eigenvalue weighted by Crippen LogP contribution is -2.56. The molecular weight excluding hydrogens is 436 g/mol. The number of rotatable bonds is 2. The Bertz CT molecular complexity index is 1040. The Morgan fingerprint density at radius 1 is 0.857 bits per heavy atom. The van der Waals surface area contributed by atoms with Crippen molar-refractivity contribution in [2.45, 2.75) is 97.2 Å². The minimum atomic E-state index is -0.685. The van der Waals surface area contributed by atoms with Gasteiger partial charge in [-0.05, 0) is 98.5 Å². The van der Waals surface area contributed by atoms with Crippen molar-refractivity contribution in [3.8, 4) is 11.8 Å². The van der Waals surface area contributed by atoms with E-state index in [0.29, 0.717) is 23.7 Å². The van der Waals surface area contributed by atoms with Crippen molar-refractivity contribution in [2.75, 3.05) is 0 Å². The Balaban J connectivity index is 1.38. The van der Waals surface area contributed by atoms with Gasteiger partial charge in [0.2, 0.25) is 0 Å². The average Bonchev–Trinajstić information content (AvgIpc) is 3.14. The zero-order valence-corrected chi connectivity index (χ0v) is 21.8. The zero-order valence-electron chi connectivity index (χ0n) is 21.8. The first kappa shape index (κ1) is 24.4. The number of benzene rings is 1. The first-order valence-electron chi connectivity index (χ1n) is 13.6. The Kier molecular flexibility index (Phi) is 6.27. The summed E-state index contributed by atoms with van der Waals surface area (Å²) in [7, 11) is 0. The highest BCUT2D eigenvalue weighted by atomic mass is 16.6. The van der Waals surface area contributed by atoms with Gasteiger partial charge in [-0.3, -0.25) is 9.59 Å². The predicted molar refractivity (Wildman–Crippen MR) is 135 cm³/mol. The van der Waals surface area contributed by atoms with Crippen molar-refractivity contribution < 1.29 is 19.1 Å². The van der Waals surface area contributed by atoms with E-state index in [9.17, 15) is 9.59 Å². The number of ether oxygens (including phenoxy) is 2. The lowest BCUT2D eigenvalue weighted by atomic mass is 9.44. The number of carbonyl (C=O) groups excluding carboxylic acids is 2. The van der Waals surface area contributed by atoms with E-state index < -0.39 is 5.60 Å². The molecular formula is C31H40O4. The third-order valence-electron chi connectivity index (χ3n) is 10.5. The SMILES string of the molecule is CC(=O)O[C@@H]1CC[C@@H]2[C@H]3CC[C@@H]4C[C@](C#Cc5ccccc5)(OC(C)=O)CC[C@]4(C)[C@H]3CC[C@@]21C. The Hall–Kier alpha value is -2.28. The summed E-state index contributed by atoms with van der Waals surface area (Å²) in [4.78, 5) is 23.9. The molecule has 1 aromatic rings. The minimum Gasteiger partial charge on any atom is -0.462 e. The molecule has 0 N–H and O–H groups in total. The van der Waals surface area contributed by atoms with Gasteiger partial charge in [0.1, 0.15) is 6.10 Å². The van der Waals surface area contributed by atoms with E-state index in [1.54, 1.807) is 6.92 Å². The monoisotopic (exact) mass is 476 g/mol. The van der Waals surface area contributed by atoms with Gasteiger partial charge < -0.3 is 9.47 Å². The fourth-order valence-electron chi connectivity index (χ4n) is 8.79. The Morgan fingerprint density at radius 3 is 2.31 bits per heavy atom. The van der Waals surface area contributed by atoms with Crippen molar-refractivity contribution in [3.63, 3.8) is 0 Å². The second kappa shape index (κ2) is 8.99. The molecule has 0 bridgehead atoms. The normalized spacial score (nSPS) is 41.9. The summed E-state index contributed by atoms with van der Waals surface area (Å²) in [5.74, 6) is 8.91. The lowest BCUT2D eigenvalue weighted by Gasteiger charge is -2.61. The summed E-state index contributed by atoms with van der Waals surface area (Å²) in [5, 5.41) is 0. The number of fused-ring (bicyclic) bond motifs is 5. The van der Waals surface area contributed by atoms with Crippen LogP contribution >= 0.6 is 0 Å². The van der Waals surface area contributed by atoms with Gasteiger partial charge in [0.05, 0.1) is 0 Å². The van der Waals surface area contributed by atoms with Gasteiger partial charge in [-0.25, -0.2) is 0 Å². The van der Waals surface area contributed by atoms with Crippen LogP contribution in [0.25, 0.3) is 0 Å². The van der Waals surface area contributed by atoms with Crippen LogP contribution in [-0.2, 0) is 19.1 Å².